The summed E-state index contributed by atoms with van der Waals surface area (Å²) in [4.78, 5) is 0. The second kappa shape index (κ2) is 8.24. The van der Waals surface area contributed by atoms with Gasteiger partial charge in [-0.25, -0.2) is 0 Å². The monoisotopic (exact) mass is 380 g/mol. The van der Waals surface area contributed by atoms with Crippen LogP contribution in [0.1, 0.15) is 25.0 Å². The van der Waals surface area contributed by atoms with E-state index in [-0.39, 0.29) is 12.2 Å². The zero-order valence-corrected chi connectivity index (χ0v) is 16.1. The molecule has 2 fully saturated rings. The molecule has 0 aromatic heterocycles. The minimum absolute atomic E-state index is 0.0433. The van der Waals surface area contributed by atoms with E-state index >= 15 is 0 Å². The highest BCUT2D eigenvalue weighted by Gasteiger charge is 2.32. The fraction of sp³-hybridized carbons (Fsp3) is 0.391. The molecule has 2 heterocycles. The highest BCUT2D eigenvalue weighted by molar-refractivity contribution is 5.45. The Balaban J connectivity index is 1.27. The van der Waals surface area contributed by atoms with Crippen LogP contribution < -0.4 is 9.47 Å². The molecule has 146 valence electrons. The van der Waals surface area contributed by atoms with Gasteiger partial charge in [0.1, 0.15) is 36.9 Å². The SMILES string of the molecule is CC1(C)OC[C@H](COc2ccc(C#Cc3ccc(OCC4CO4)cc3)cc2)O1. The summed E-state index contributed by atoms with van der Waals surface area (Å²) in [5.41, 5.74) is 1.87. The van der Waals surface area contributed by atoms with Gasteiger partial charge in [0.2, 0.25) is 0 Å². The topological polar surface area (TPSA) is 49.5 Å². The van der Waals surface area contributed by atoms with Crippen molar-refractivity contribution in [2.24, 2.45) is 0 Å². The van der Waals surface area contributed by atoms with Crippen molar-refractivity contribution in [1.82, 2.24) is 0 Å². The Morgan fingerprint density at radius 1 is 0.821 bits per heavy atom. The normalized spacial score (nSPS) is 22.2. The lowest BCUT2D eigenvalue weighted by Gasteiger charge is -2.17. The van der Waals surface area contributed by atoms with Crippen LogP contribution in [0, 0.1) is 11.8 Å². The van der Waals surface area contributed by atoms with E-state index in [9.17, 15) is 0 Å². The summed E-state index contributed by atoms with van der Waals surface area (Å²) in [7, 11) is 0. The third kappa shape index (κ3) is 5.49. The number of rotatable bonds is 6. The van der Waals surface area contributed by atoms with Gasteiger partial charge in [-0.05, 0) is 62.4 Å². The van der Waals surface area contributed by atoms with Gasteiger partial charge in [0.15, 0.2) is 5.79 Å². The minimum Gasteiger partial charge on any atom is -0.491 e. The molecule has 2 aromatic rings. The largest absolute Gasteiger partial charge is 0.491 e. The van der Waals surface area contributed by atoms with Gasteiger partial charge in [-0.3, -0.25) is 0 Å². The number of benzene rings is 2. The highest BCUT2D eigenvalue weighted by atomic mass is 16.7. The first kappa shape index (κ1) is 18.8. The number of ether oxygens (including phenoxy) is 5. The van der Waals surface area contributed by atoms with Crippen LogP contribution in [0.5, 0.6) is 11.5 Å². The molecule has 2 aliphatic rings. The second-order valence-corrected chi connectivity index (χ2v) is 7.33. The van der Waals surface area contributed by atoms with E-state index in [1.165, 1.54) is 0 Å². The van der Waals surface area contributed by atoms with Crippen LogP contribution in [-0.4, -0.2) is 44.4 Å². The average Bonchev–Trinajstić information content (AvgIpc) is 3.47. The lowest BCUT2D eigenvalue weighted by molar-refractivity contribution is -0.141. The smallest absolute Gasteiger partial charge is 0.163 e. The van der Waals surface area contributed by atoms with Crippen molar-refractivity contribution in [3.8, 4) is 23.3 Å². The van der Waals surface area contributed by atoms with E-state index in [4.69, 9.17) is 23.7 Å². The molecule has 28 heavy (non-hydrogen) atoms. The molecule has 2 aromatic carbocycles. The van der Waals surface area contributed by atoms with Crippen molar-refractivity contribution < 1.29 is 23.7 Å². The van der Waals surface area contributed by atoms with Crippen molar-refractivity contribution in [1.29, 1.82) is 0 Å². The van der Waals surface area contributed by atoms with Crippen LogP contribution in [0.4, 0.5) is 0 Å². The van der Waals surface area contributed by atoms with Crippen LogP contribution in [0.25, 0.3) is 0 Å². The molecule has 0 aliphatic carbocycles. The van der Waals surface area contributed by atoms with Gasteiger partial charge >= 0.3 is 0 Å². The summed E-state index contributed by atoms with van der Waals surface area (Å²) >= 11 is 0. The van der Waals surface area contributed by atoms with Crippen molar-refractivity contribution >= 4 is 0 Å². The predicted molar refractivity (Wildman–Crippen MR) is 104 cm³/mol. The standard InChI is InChI=1S/C23H24O5/c1-23(2)27-16-22(28-23)15-25-20-11-7-18(8-12-20)4-3-17-5-9-19(10-6-17)24-13-21-14-26-21/h5-12,21-22H,13-16H2,1-2H3/t21?,22-/m0/s1. The van der Waals surface area contributed by atoms with Gasteiger partial charge in [-0.2, -0.15) is 0 Å². The molecule has 0 N–H and O–H groups in total. The molecule has 2 saturated heterocycles. The van der Waals surface area contributed by atoms with Crippen molar-refractivity contribution in [3.05, 3.63) is 59.7 Å². The molecule has 0 saturated carbocycles. The van der Waals surface area contributed by atoms with Crippen LogP contribution in [0.3, 0.4) is 0 Å². The van der Waals surface area contributed by atoms with Crippen molar-refractivity contribution in [3.63, 3.8) is 0 Å². The zero-order chi connectivity index (χ0) is 19.4. The van der Waals surface area contributed by atoms with E-state index in [1.54, 1.807) is 0 Å². The third-order valence-corrected chi connectivity index (χ3v) is 4.40. The molecule has 0 spiro atoms. The van der Waals surface area contributed by atoms with Crippen LogP contribution in [0.2, 0.25) is 0 Å². The van der Waals surface area contributed by atoms with Crippen LogP contribution in [0.15, 0.2) is 48.5 Å². The first-order valence-electron chi connectivity index (χ1n) is 9.47. The van der Waals surface area contributed by atoms with Gasteiger partial charge in [-0.15, -0.1) is 0 Å². The maximum atomic E-state index is 5.78. The highest BCUT2D eigenvalue weighted by Crippen LogP contribution is 2.23. The Labute approximate surface area is 165 Å². The second-order valence-electron chi connectivity index (χ2n) is 7.33. The molecule has 5 heteroatoms. The van der Waals surface area contributed by atoms with Gasteiger partial charge in [0, 0.05) is 11.1 Å². The lowest BCUT2D eigenvalue weighted by atomic mass is 10.2. The van der Waals surface area contributed by atoms with Gasteiger partial charge in [0.25, 0.3) is 0 Å². The summed E-state index contributed by atoms with van der Waals surface area (Å²) in [6, 6.07) is 15.5. The predicted octanol–water partition coefficient (Wildman–Crippen LogP) is 3.39. The Hall–Kier alpha value is -2.52. The number of hydrogen-bond acceptors (Lipinski definition) is 5. The molecule has 2 atom stereocenters. The van der Waals surface area contributed by atoms with Crippen LogP contribution >= 0.6 is 0 Å². The minimum atomic E-state index is -0.524. The summed E-state index contributed by atoms with van der Waals surface area (Å²) < 4.78 is 27.8. The molecule has 4 rings (SSSR count). The zero-order valence-electron chi connectivity index (χ0n) is 16.1. The molecule has 5 nitrogen and oxygen atoms in total. The molecule has 2 aliphatic heterocycles. The van der Waals surface area contributed by atoms with Crippen molar-refractivity contribution in [2.75, 3.05) is 26.4 Å². The van der Waals surface area contributed by atoms with Gasteiger partial charge < -0.3 is 23.7 Å². The fourth-order valence-electron chi connectivity index (χ4n) is 2.80. The summed E-state index contributed by atoms with van der Waals surface area (Å²) in [6.45, 7) is 6.24. The average molecular weight is 380 g/mol. The van der Waals surface area contributed by atoms with Gasteiger partial charge in [-0.1, -0.05) is 11.8 Å². The van der Waals surface area contributed by atoms with Crippen LogP contribution in [-0.2, 0) is 14.2 Å². The number of epoxide rings is 1. The maximum absolute atomic E-state index is 5.78. The Morgan fingerprint density at radius 2 is 1.32 bits per heavy atom. The van der Waals surface area contributed by atoms with Gasteiger partial charge in [0.05, 0.1) is 13.2 Å². The number of hydrogen-bond donors (Lipinski definition) is 0. The quantitative estimate of drug-likeness (QED) is 0.568. The molecule has 0 radical (unpaired) electrons. The summed E-state index contributed by atoms with van der Waals surface area (Å²) in [5, 5.41) is 0. The van der Waals surface area contributed by atoms with E-state index in [0.717, 1.165) is 29.2 Å². The lowest BCUT2D eigenvalue weighted by Crippen LogP contribution is -2.25. The first-order valence-corrected chi connectivity index (χ1v) is 9.47. The van der Waals surface area contributed by atoms with E-state index in [1.807, 2.05) is 62.4 Å². The Morgan fingerprint density at radius 3 is 1.75 bits per heavy atom. The van der Waals surface area contributed by atoms with E-state index in [2.05, 4.69) is 11.8 Å². The molecular formula is C23H24O5. The summed E-state index contributed by atoms with van der Waals surface area (Å²) in [5.74, 6) is 7.43. The molecular weight excluding hydrogens is 356 g/mol. The molecule has 0 bridgehead atoms. The fourth-order valence-corrected chi connectivity index (χ4v) is 2.80. The maximum Gasteiger partial charge on any atom is 0.163 e. The first-order chi connectivity index (χ1) is 13.6. The summed E-state index contributed by atoms with van der Waals surface area (Å²) in [6.07, 6.45) is 0.218. The van der Waals surface area contributed by atoms with E-state index in [0.29, 0.717) is 19.8 Å². The molecule has 0 amide bonds. The van der Waals surface area contributed by atoms with E-state index < -0.39 is 5.79 Å². The third-order valence-electron chi connectivity index (χ3n) is 4.40. The Kier molecular flexibility index (Phi) is 5.54. The Bertz CT molecular complexity index is 841. The molecule has 1 unspecified atom stereocenters. The van der Waals surface area contributed by atoms with Crippen molar-refractivity contribution in [2.45, 2.75) is 31.8 Å².